The summed E-state index contributed by atoms with van der Waals surface area (Å²) in [5.74, 6) is 0.321. The number of benzene rings is 1. The number of hydrogen-bond donors (Lipinski definition) is 0. The molecule has 0 bridgehead atoms. The molecule has 3 aromatic rings. The Morgan fingerprint density at radius 1 is 1.29 bits per heavy atom. The molecule has 4 rings (SSSR count). The van der Waals surface area contributed by atoms with Crippen LogP contribution in [0.2, 0.25) is 5.02 Å². The van der Waals surface area contributed by atoms with Gasteiger partial charge in [-0.05, 0) is 30.9 Å². The molecule has 0 aliphatic heterocycles. The molecule has 0 atom stereocenters. The van der Waals surface area contributed by atoms with E-state index in [9.17, 15) is 4.39 Å². The van der Waals surface area contributed by atoms with Crippen LogP contribution in [-0.4, -0.2) is 20.0 Å². The number of halogens is 2. The van der Waals surface area contributed by atoms with Crippen molar-refractivity contribution < 1.29 is 4.39 Å². The van der Waals surface area contributed by atoms with E-state index in [2.05, 4.69) is 15.3 Å². The Morgan fingerprint density at radius 3 is 2.90 bits per heavy atom. The zero-order valence-corrected chi connectivity index (χ0v) is 11.9. The highest BCUT2D eigenvalue weighted by Crippen LogP contribution is 2.35. The third-order valence-electron chi connectivity index (χ3n) is 3.77. The largest absolute Gasteiger partial charge is 0.261 e. The number of hydrogen-bond acceptors (Lipinski definition) is 3. The first kappa shape index (κ1) is 12.7. The minimum Gasteiger partial charge on any atom is -0.261 e. The lowest BCUT2D eigenvalue weighted by Gasteiger charge is -2.05. The lowest BCUT2D eigenvalue weighted by Crippen LogP contribution is -2.01. The van der Waals surface area contributed by atoms with Crippen molar-refractivity contribution in [2.24, 2.45) is 5.92 Å². The van der Waals surface area contributed by atoms with Gasteiger partial charge < -0.3 is 0 Å². The first-order valence-corrected chi connectivity index (χ1v) is 7.23. The third-order valence-corrected chi connectivity index (χ3v) is 4.15. The quantitative estimate of drug-likeness (QED) is 0.741. The molecule has 0 radical (unpaired) electrons. The van der Waals surface area contributed by atoms with Gasteiger partial charge in [0.25, 0.3) is 0 Å². The van der Waals surface area contributed by atoms with E-state index in [0.29, 0.717) is 22.0 Å². The Labute approximate surface area is 125 Å². The fourth-order valence-corrected chi connectivity index (χ4v) is 2.77. The van der Waals surface area contributed by atoms with E-state index >= 15 is 0 Å². The van der Waals surface area contributed by atoms with Crippen molar-refractivity contribution in [3.8, 4) is 11.1 Å². The maximum Gasteiger partial charge on any atom is 0.142 e. The molecule has 2 heterocycles. The van der Waals surface area contributed by atoms with E-state index in [1.165, 1.54) is 25.1 Å². The average Bonchev–Trinajstić information content (AvgIpc) is 3.19. The van der Waals surface area contributed by atoms with Crippen LogP contribution in [0.5, 0.6) is 0 Å². The standard InChI is InChI=1S/C15H12ClFN4/c16-14-12(10-5-11(17)7-18-6-10)3-4-13-15(14)19-20-21(13)8-9-1-2-9/h3-7,9H,1-2,8H2. The molecule has 106 valence electrons. The number of rotatable bonds is 3. The van der Waals surface area contributed by atoms with Gasteiger partial charge in [-0.3, -0.25) is 4.98 Å². The second kappa shape index (κ2) is 4.77. The summed E-state index contributed by atoms with van der Waals surface area (Å²) >= 11 is 6.43. The molecule has 1 aliphatic rings. The Kier molecular flexibility index (Phi) is 2.89. The zero-order chi connectivity index (χ0) is 14.4. The molecule has 1 saturated carbocycles. The molecular formula is C15H12ClFN4. The average molecular weight is 303 g/mol. The predicted molar refractivity (Wildman–Crippen MR) is 78.5 cm³/mol. The SMILES string of the molecule is Fc1cncc(-c2ccc3c(nnn3CC3CC3)c2Cl)c1. The molecule has 4 nitrogen and oxygen atoms in total. The fourth-order valence-electron chi connectivity index (χ4n) is 2.47. The van der Waals surface area contributed by atoms with Gasteiger partial charge in [0.1, 0.15) is 11.3 Å². The number of fused-ring (bicyclic) bond motifs is 1. The van der Waals surface area contributed by atoms with Crippen molar-refractivity contribution in [2.45, 2.75) is 19.4 Å². The summed E-state index contributed by atoms with van der Waals surface area (Å²) in [4.78, 5) is 3.86. The summed E-state index contributed by atoms with van der Waals surface area (Å²) in [5.41, 5.74) is 2.92. The van der Waals surface area contributed by atoms with Crippen molar-refractivity contribution in [3.05, 3.63) is 41.4 Å². The number of aromatic nitrogens is 4. The van der Waals surface area contributed by atoms with Gasteiger partial charge in [0.2, 0.25) is 0 Å². The van der Waals surface area contributed by atoms with Crippen LogP contribution in [0, 0.1) is 11.7 Å². The molecule has 0 N–H and O–H groups in total. The smallest absolute Gasteiger partial charge is 0.142 e. The van der Waals surface area contributed by atoms with E-state index in [4.69, 9.17) is 11.6 Å². The van der Waals surface area contributed by atoms with Gasteiger partial charge >= 0.3 is 0 Å². The molecule has 21 heavy (non-hydrogen) atoms. The van der Waals surface area contributed by atoms with Crippen LogP contribution in [0.4, 0.5) is 4.39 Å². The summed E-state index contributed by atoms with van der Waals surface area (Å²) in [7, 11) is 0. The molecule has 6 heteroatoms. The van der Waals surface area contributed by atoms with Gasteiger partial charge in [-0.25, -0.2) is 9.07 Å². The van der Waals surface area contributed by atoms with Crippen molar-refractivity contribution >= 4 is 22.6 Å². The van der Waals surface area contributed by atoms with E-state index in [-0.39, 0.29) is 5.82 Å². The maximum atomic E-state index is 13.3. The highest BCUT2D eigenvalue weighted by molar-refractivity contribution is 6.37. The van der Waals surface area contributed by atoms with Gasteiger partial charge in [0.15, 0.2) is 0 Å². The summed E-state index contributed by atoms with van der Waals surface area (Å²) in [6, 6.07) is 5.21. The third kappa shape index (κ3) is 2.27. The Morgan fingerprint density at radius 2 is 2.14 bits per heavy atom. The van der Waals surface area contributed by atoms with Crippen LogP contribution in [0.1, 0.15) is 12.8 Å². The first-order valence-electron chi connectivity index (χ1n) is 6.85. The van der Waals surface area contributed by atoms with Gasteiger partial charge in [0.05, 0.1) is 16.7 Å². The molecule has 1 aromatic carbocycles. The lowest BCUT2D eigenvalue weighted by atomic mass is 10.1. The summed E-state index contributed by atoms with van der Waals surface area (Å²) in [5, 5.41) is 8.84. The van der Waals surface area contributed by atoms with Crippen LogP contribution >= 0.6 is 11.6 Å². The normalized spacial score (nSPS) is 14.8. The van der Waals surface area contributed by atoms with Crippen LogP contribution in [0.25, 0.3) is 22.2 Å². The number of pyridine rings is 1. The maximum absolute atomic E-state index is 13.3. The van der Waals surface area contributed by atoms with Gasteiger partial charge in [-0.1, -0.05) is 22.9 Å². The Bertz CT molecular complexity index is 826. The topological polar surface area (TPSA) is 43.6 Å². The summed E-state index contributed by atoms with van der Waals surface area (Å²) in [6.45, 7) is 0.883. The van der Waals surface area contributed by atoms with E-state index in [1.807, 2.05) is 16.8 Å². The first-order chi connectivity index (χ1) is 10.2. The van der Waals surface area contributed by atoms with Gasteiger partial charge in [0, 0.05) is 23.9 Å². The van der Waals surface area contributed by atoms with Crippen LogP contribution < -0.4 is 0 Å². The van der Waals surface area contributed by atoms with Crippen LogP contribution in [0.3, 0.4) is 0 Å². The molecular weight excluding hydrogens is 291 g/mol. The predicted octanol–water partition coefficient (Wildman–Crippen LogP) is 3.70. The van der Waals surface area contributed by atoms with Gasteiger partial charge in [-0.15, -0.1) is 5.10 Å². The highest BCUT2D eigenvalue weighted by Gasteiger charge is 2.23. The second-order valence-electron chi connectivity index (χ2n) is 5.40. The summed E-state index contributed by atoms with van der Waals surface area (Å²) < 4.78 is 15.2. The summed E-state index contributed by atoms with van der Waals surface area (Å²) in [6.07, 6.45) is 5.26. The monoisotopic (exact) mass is 302 g/mol. The van der Waals surface area contributed by atoms with E-state index in [1.54, 1.807) is 6.20 Å². The molecule has 0 unspecified atom stereocenters. The lowest BCUT2D eigenvalue weighted by molar-refractivity contribution is 0.559. The van der Waals surface area contributed by atoms with Crippen molar-refractivity contribution in [1.29, 1.82) is 0 Å². The fraction of sp³-hybridized carbons (Fsp3) is 0.267. The van der Waals surface area contributed by atoms with Crippen molar-refractivity contribution in [1.82, 2.24) is 20.0 Å². The minimum absolute atomic E-state index is 0.388. The molecule has 1 aliphatic carbocycles. The van der Waals surface area contributed by atoms with Crippen LogP contribution in [0.15, 0.2) is 30.6 Å². The van der Waals surface area contributed by atoms with Crippen molar-refractivity contribution in [2.75, 3.05) is 0 Å². The Balaban J connectivity index is 1.82. The van der Waals surface area contributed by atoms with E-state index in [0.717, 1.165) is 17.6 Å². The molecule has 1 fully saturated rings. The minimum atomic E-state index is -0.388. The van der Waals surface area contributed by atoms with Gasteiger partial charge in [-0.2, -0.15) is 0 Å². The van der Waals surface area contributed by atoms with Crippen LogP contribution in [-0.2, 0) is 6.54 Å². The Hall–Kier alpha value is -2.01. The molecule has 0 spiro atoms. The van der Waals surface area contributed by atoms with Crippen molar-refractivity contribution in [3.63, 3.8) is 0 Å². The number of nitrogens with zero attached hydrogens (tertiary/aromatic N) is 4. The molecule has 0 saturated heterocycles. The molecule has 0 amide bonds. The highest BCUT2D eigenvalue weighted by atomic mass is 35.5. The second-order valence-corrected chi connectivity index (χ2v) is 5.78. The van der Waals surface area contributed by atoms with E-state index < -0.39 is 0 Å². The zero-order valence-electron chi connectivity index (χ0n) is 11.1. The molecule has 2 aromatic heterocycles.